The van der Waals surface area contributed by atoms with E-state index in [1.54, 1.807) is 0 Å². The largest absolute Gasteiger partial charge is 0.305 e. The van der Waals surface area contributed by atoms with Crippen molar-refractivity contribution >= 4 is 0 Å². The molecule has 0 saturated carbocycles. The van der Waals surface area contributed by atoms with Gasteiger partial charge in [-0.2, -0.15) is 0 Å². The van der Waals surface area contributed by atoms with Crippen LogP contribution >= 0.6 is 0 Å². The summed E-state index contributed by atoms with van der Waals surface area (Å²) in [7, 11) is 0. The van der Waals surface area contributed by atoms with E-state index < -0.39 is 0 Å². The van der Waals surface area contributed by atoms with Crippen molar-refractivity contribution in [3.05, 3.63) is 0 Å². The highest BCUT2D eigenvalue weighted by Gasteiger charge is 2.24. The number of nitrogens with zero attached hydrogens (tertiary/aromatic N) is 1. The molecule has 0 aliphatic carbocycles. The van der Waals surface area contributed by atoms with Crippen molar-refractivity contribution < 1.29 is 0 Å². The van der Waals surface area contributed by atoms with Crippen molar-refractivity contribution in [2.45, 2.75) is 26.3 Å². The van der Waals surface area contributed by atoms with Crippen LogP contribution in [0, 0.1) is 18.3 Å². The zero-order valence-electron chi connectivity index (χ0n) is 8.71. The van der Waals surface area contributed by atoms with Gasteiger partial charge in [-0.15, -0.1) is 6.42 Å². The predicted octanol–water partition coefficient (Wildman–Crippen LogP) is 0.940. The summed E-state index contributed by atoms with van der Waals surface area (Å²) in [5.41, 5.74) is 0. The van der Waals surface area contributed by atoms with Crippen LogP contribution in [0.3, 0.4) is 0 Å². The highest BCUT2D eigenvalue weighted by molar-refractivity contribution is 4.87. The summed E-state index contributed by atoms with van der Waals surface area (Å²) in [6.07, 6.45) is 6.49. The van der Waals surface area contributed by atoms with Crippen LogP contribution in [0.15, 0.2) is 0 Å². The minimum atomic E-state index is 0.692. The minimum absolute atomic E-state index is 0.692. The number of nitrogens with one attached hydrogen (secondary N) is 1. The van der Waals surface area contributed by atoms with Crippen LogP contribution in [0.1, 0.15) is 20.3 Å². The molecule has 1 aliphatic rings. The van der Waals surface area contributed by atoms with Crippen molar-refractivity contribution in [3.8, 4) is 12.3 Å². The smallest absolute Gasteiger partial charge is 0.0574 e. The van der Waals surface area contributed by atoms with E-state index in [0.717, 1.165) is 25.0 Å². The van der Waals surface area contributed by atoms with Crippen LogP contribution in [0.4, 0.5) is 0 Å². The van der Waals surface area contributed by atoms with Gasteiger partial charge in [0.2, 0.25) is 0 Å². The minimum Gasteiger partial charge on any atom is -0.305 e. The highest BCUT2D eigenvalue weighted by atomic mass is 15.2. The topological polar surface area (TPSA) is 15.3 Å². The normalized spacial score (nSPS) is 29.0. The number of rotatable bonds is 4. The van der Waals surface area contributed by atoms with Gasteiger partial charge in [-0.1, -0.05) is 12.8 Å². The van der Waals surface area contributed by atoms with E-state index in [1.165, 1.54) is 13.0 Å². The fourth-order valence-corrected chi connectivity index (χ4v) is 2.08. The van der Waals surface area contributed by atoms with Crippen LogP contribution in [-0.4, -0.2) is 37.1 Å². The molecule has 13 heavy (non-hydrogen) atoms. The third-order valence-corrected chi connectivity index (χ3v) is 2.72. The molecule has 0 amide bonds. The number of hydrogen-bond acceptors (Lipinski definition) is 2. The van der Waals surface area contributed by atoms with Crippen molar-refractivity contribution in [2.75, 3.05) is 26.2 Å². The van der Waals surface area contributed by atoms with Crippen molar-refractivity contribution in [1.29, 1.82) is 0 Å². The van der Waals surface area contributed by atoms with Gasteiger partial charge in [-0.3, -0.25) is 4.90 Å². The van der Waals surface area contributed by atoms with E-state index >= 15 is 0 Å². The first-order valence-corrected chi connectivity index (χ1v) is 5.12. The van der Waals surface area contributed by atoms with E-state index in [2.05, 4.69) is 30.0 Å². The average molecular weight is 180 g/mol. The molecule has 1 rings (SSSR count). The molecule has 1 N–H and O–H groups in total. The zero-order chi connectivity index (χ0) is 9.68. The number of hydrogen-bond donors (Lipinski definition) is 1. The standard InChI is InChI=1S/C11H20N2/c1-4-5-12-6-7-13-9-10(2)8-11(13)3/h1,10-12H,5-9H2,2-3H3. The monoisotopic (exact) mass is 180 g/mol. The molecular formula is C11H20N2. The lowest BCUT2D eigenvalue weighted by Crippen LogP contribution is -2.34. The molecule has 0 aromatic carbocycles. The van der Waals surface area contributed by atoms with Crippen LogP contribution in [0.2, 0.25) is 0 Å². The summed E-state index contributed by atoms with van der Waals surface area (Å²) in [5, 5.41) is 3.22. The van der Waals surface area contributed by atoms with Gasteiger partial charge in [-0.05, 0) is 19.3 Å². The van der Waals surface area contributed by atoms with Gasteiger partial charge in [0.1, 0.15) is 0 Å². The molecule has 74 valence electrons. The summed E-state index contributed by atoms with van der Waals surface area (Å²) in [5.74, 6) is 3.45. The molecule has 1 heterocycles. The van der Waals surface area contributed by atoms with Crippen molar-refractivity contribution in [3.63, 3.8) is 0 Å². The molecule has 1 fully saturated rings. The first-order chi connectivity index (χ1) is 6.24. The van der Waals surface area contributed by atoms with Crippen molar-refractivity contribution in [2.24, 2.45) is 5.92 Å². The third-order valence-electron chi connectivity index (χ3n) is 2.72. The van der Waals surface area contributed by atoms with Crippen LogP contribution in [0.25, 0.3) is 0 Å². The molecule has 2 unspecified atom stereocenters. The fraction of sp³-hybridized carbons (Fsp3) is 0.818. The Morgan fingerprint density at radius 1 is 1.54 bits per heavy atom. The maximum atomic E-state index is 5.15. The molecular weight excluding hydrogens is 160 g/mol. The van der Waals surface area contributed by atoms with Crippen molar-refractivity contribution in [1.82, 2.24) is 10.2 Å². The first kappa shape index (κ1) is 10.6. The molecule has 2 atom stereocenters. The predicted molar refractivity (Wildman–Crippen MR) is 56.5 cm³/mol. The molecule has 0 aromatic rings. The van der Waals surface area contributed by atoms with Gasteiger partial charge in [0.25, 0.3) is 0 Å². The Morgan fingerprint density at radius 2 is 2.31 bits per heavy atom. The summed E-state index contributed by atoms with van der Waals surface area (Å²) in [4.78, 5) is 2.54. The molecule has 0 aromatic heterocycles. The maximum absolute atomic E-state index is 5.15. The highest BCUT2D eigenvalue weighted by Crippen LogP contribution is 2.21. The van der Waals surface area contributed by atoms with Gasteiger partial charge in [0.05, 0.1) is 6.54 Å². The molecule has 2 nitrogen and oxygen atoms in total. The Kier molecular flexibility index (Phi) is 4.27. The Bertz CT molecular complexity index is 183. The fourth-order valence-electron chi connectivity index (χ4n) is 2.08. The molecule has 0 spiro atoms. The Balaban J connectivity index is 2.11. The van der Waals surface area contributed by atoms with Gasteiger partial charge >= 0.3 is 0 Å². The lowest BCUT2D eigenvalue weighted by Gasteiger charge is -2.20. The summed E-state index contributed by atoms with van der Waals surface area (Å²) in [6, 6.07) is 0.752. The summed E-state index contributed by atoms with van der Waals surface area (Å²) >= 11 is 0. The average Bonchev–Trinajstić information content (AvgIpc) is 2.39. The van der Waals surface area contributed by atoms with Crippen LogP contribution in [0.5, 0.6) is 0 Å². The SMILES string of the molecule is C#CCNCCN1CC(C)CC1C. The molecule has 1 saturated heterocycles. The number of likely N-dealkylation sites (tertiary alicyclic amines) is 1. The Labute approximate surface area is 81.7 Å². The molecule has 2 heteroatoms. The van der Waals surface area contributed by atoms with Gasteiger partial charge in [0, 0.05) is 25.7 Å². The zero-order valence-corrected chi connectivity index (χ0v) is 8.71. The van der Waals surface area contributed by atoms with E-state index in [-0.39, 0.29) is 0 Å². The van der Waals surface area contributed by atoms with Gasteiger partial charge in [0.15, 0.2) is 0 Å². The van der Waals surface area contributed by atoms with Crippen LogP contribution < -0.4 is 5.32 Å². The Hall–Kier alpha value is -0.520. The van der Waals surface area contributed by atoms with Gasteiger partial charge < -0.3 is 5.32 Å². The lowest BCUT2D eigenvalue weighted by molar-refractivity contribution is 0.266. The molecule has 0 bridgehead atoms. The third kappa shape index (κ3) is 3.38. The second kappa shape index (κ2) is 5.26. The maximum Gasteiger partial charge on any atom is 0.0574 e. The van der Waals surface area contributed by atoms with E-state index in [4.69, 9.17) is 6.42 Å². The second-order valence-electron chi connectivity index (χ2n) is 4.07. The number of terminal acetylenes is 1. The van der Waals surface area contributed by atoms with Gasteiger partial charge in [-0.25, -0.2) is 0 Å². The summed E-state index contributed by atoms with van der Waals surface area (Å²) in [6.45, 7) is 8.72. The lowest BCUT2D eigenvalue weighted by atomic mass is 10.1. The summed E-state index contributed by atoms with van der Waals surface area (Å²) < 4.78 is 0. The van der Waals surface area contributed by atoms with Crippen LogP contribution in [-0.2, 0) is 0 Å². The van der Waals surface area contributed by atoms with E-state index in [1.807, 2.05) is 0 Å². The molecule has 1 aliphatic heterocycles. The Morgan fingerprint density at radius 3 is 2.85 bits per heavy atom. The first-order valence-electron chi connectivity index (χ1n) is 5.12. The second-order valence-corrected chi connectivity index (χ2v) is 4.07. The quantitative estimate of drug-likeness (QED) is 0.511. The van der Waals surface area contributed by atoms with E-state index in [0.29, 0.717) is 6.54 Å². The molecule has 0 radical (unpaired) electrons. The van der Waals surface area contributed by atoms with E-state index in [9.17, 15) is 0 Å².